The Morgan fingerprint density at radius 3 is 2.48 bits per heavy atom. The maximum atomic E-state index is 12.3. The van der Waals surface area contributed by atoms with Crippen LogP contribution in [0.5, 0.6) is 0 Å². The third-order valence-corrected chi connectivity index (χ3v) is 3.60. The van der Waals surface area contributed by atoms with Crippen LogP contribution in [0, 0.1) is 0 Å². The van der Waals surface area contributed by atoms with Crippen LogP contribution in [0.3, 0.4) is 0 Å². The van der Waals surface area contributed by atoms with Crippen molar-refractivity contribution in [3.8, 4) is 0 Å². The number of amides is 2. The molecule has 3 rings (SSSR count). The Kier molecular flexibility index (Phi) is 5.26. The van der Waals surface area contributed by atoms with Crippen molar-refractivity contribution in [3.63, 3.8) is 0 Å². The highest BCUT2D eigenvalue weighted by molar-refractivity contribution is 6.05. The molecule has 0 fully saturated rings. The maximum absolute atomic E-state index is 12.3. The standard InChI is InChI=1S/C18H17N5O2/c24-17(14-6-1-4-13-5-2-7-21-16(13)14)22-8-3-9-23-18(25)15-12-19-10-11-20-15/h1-2,4-7,10-12H,3,8-9H2,(H,22,24)(H,23,25). The number of nitrogens with zero attached hydrogens (tertiary/aromatic N) is 3. The molecule has 25 heavy (non-hydrogen) atoms. The van der Waals surface area contributed by atoms with Gasteiger partial charge in [0.1, 0.15) is 5.69 Å². The van der Waals surface area contributed by atoms with E-state index in [1.54, 1.807) is 12.3 Å². The van der Waals surface area contributed by atoms with Gasteiger partial charge in [-0.2, -0.15) is 0 Å². The molecule has 2 amide bonds. The van der Waals surface area contributed by atoms with Crippen molar-refractivity contribution in [2.45, 2.75) is 6.42 Å². The fraction of sp³-hybridized carbons (Fsp3) is 0.167. The van der Waals surface area contributed by atoms with E-state index in [-0.39, 0.29) is 17.5 Å². The highest BCUT2D eigenvalue weighted by Gasteiger charge is 2.10. The first-order valence-corrected chi connectivity index (χ1v) is 7.92. The van der Waals surface area contributed by atoms with Gasteiger partial charge in [-0.05, 0) is 18.6 Å². The highest BCUT2D eigenvalue weighted by Crippen LogP contribution is 2.15. The fourth-order valence-electron chi connectivity index (χ4n) is 2.38. The molecule has 0 aliphatic carbocycles. The minimum atomic E-state index is -0.280. The summed E-state index contributed by atoms with van der Waals surface area (Å²) >= 11 is 0. The predicted octanol–water partition coefficient (Wildman–Crippen LogP) is 1.57. The second-order valence-corrected chi connectivity index (χ2v) is 5.34. The highest BCUT2D eigenvalue weighted by atomic mass is 16.2. The third kappa shape index (κ3) is 4.14. The van der Waals surface area contributed by atoms with Gasteiger partial charge in [0.25, 0.3) is 11.8 Å². The van der Waals surface area contributed by atoms with E-state index in [1.165, 1.54) is 18.6 Å². The summed E-state index contributed by atoms with van der Waals surface area (Å²) in [7, 11) is 0. The quantitative estimate of drug-likeness (QED) is 0.667. The zero-order valence-electron chi connectivity index (χ0n) is 13.5. The van der Waals surface area contributed by atoms with Crippen molar-refractivity contribution in [2.75, 3.05) is 13.1 Å². The number of hydrogen-bond donors (Lipinski definition) is 2. The lowest BCUT2D eigenvalue weighted by Gasteiger charge is -2.08. The molecule has 2 heterocycles. The smallest absolute Gasteiger partial charge is 0.271 e. The van der Waals surface area contributed by atoms with Crippen LogP contribution in [0.1, 0.15) is 27.3 Å². The summed E-state index contributed by atoms with van der Waals surface area (Å²) < 4.78 is 0. The number of fused-ring (bicyclic) bond motifs is 1. The average Bonchev–Trinajstić information content (AvgIpc) is 2.67. The van der Waals surface area contributed by atoms with E-state index in [4.69, 9.17) is 0 Å². The van der Waals surface area contributed by atoms with Gasteiger partial charge in [-0.15, -0.1) is 0 Å². The summed E-state index contributed by atoms with van der Waals surface area (Å²) in [6.07, 6.45) is 6.66. The van der Waals surface area contributed by atoms with E-state index in [2.05, 4.69) is 25.6 Å². The second kappa shape index (κ2) is 7.96. The summed E-state index contributed by atoms with van der Waals surface area (Å²) in [6.45, 7) is 0.881. The molecule has 0 saturated carbocycles. The van der Waals surface area contributed by atoms with Gasteiger partial charge >= 0.3 is 0 Å². The molecule has 7 heteroatoms. The summed E-state index contributed by atoms with van der Waals surface area (Å²) in [6, 6.07) is 9.26. The molecule has 0 unspecified atom stereocenters. The van der Waals surface area contributed by atoms with Crippen molar-refractivity contribution in [1.82, 2.24) is 25.6 Å². The lowest BCUT2D eigenvalue weighted by atomic mass is 10.1. The fourth-order valence-corrected chi connectivity index (χ4v) is 2.38. The molecular weight excluding hydrogens is 318 g/mol. The van der Waals surface area contributed by atoms with Gasteiger partial charge in [0.05, 0.1) is 17.3 Å². The Morgan fingerprint density at radius 1 is 0.880 bits per heavy atom. The van der Waals surface area contributed by atoms with Gasteiger partial charge in [0.2, 0.25) is 0 Å². The molecule has 0 aliphatic heterocycles. The van der Waals surface area contributed by atoms with Crippen molar-refractivity contribution < 1.29 is 9.59 Å². The molecule has 126 valence electrons. The number of rotatable bonds is 6. The first kappa shape index (κ1) is 16.5. The number of aromatic nitrogens is 3. The molecule has 0 saturated heterocycles. The number of carbonyl (C=O) groups is 2. The number of pyridine rings is 1. The van der Waals surface area contributed by atoms with Crippen LogP contribution >= 0.6 is 0 Å². The minimum Gasteiger partial charge on any atom is -0.352 e. The van der Waals surface area contributed by atoms with Gasteiger partial charge in [-0.25, -0.2) is 4.98 Å². The molecule has 7 nitrogen and oxygen atoms in total. The van der Waals surface area contributed by atoms with E-state index in [0.717, 1.165) is 5.39 Å². The molecule has 2 aromatic heterocycles. The summed E-state index contributed by atoms with van der Waals surface area (Å²) in [4.78, 5) is 36.2. The summed E-state index contributed by atoms with van der Waals surface area (Å²) in [5.74, 6) is -0.456. The number of nitrogens with one attached hydrogen (secondary N) is 2. The number of benzene rings is 1. The Morgan fingerprint density at radius 2 is 1.68 bits per heavy atom. The summed E-state index contributed by atoms with van der Waals surface area (Å²) in [5, 5.41) is 6.51. The number of carbonyl (C=O) groups excluding carboxylic acids is 2. The number of para-hydroxylation sites is 1. The molecule has 0 bridgehead atoms. The van der Waals surface area contributed by atoms with Crippen molar-refractivity contribution >= 4 is 22.7 Å². The lowest BCUT2D eigenvalue weighted by molar-refractivity contribution is 0.0947. The van der Waals surface area contributed by atoms with Gasteiger partial charge < -0.3 is 10.6 Å². The van der Waals surface area contributed by atoms with Crippen LogP contribution in [0.25, 0.3) is 10.9 Å². The van der Waals surface area contributed by atoms with Gasteiger partial charge in [0.15, 0.2) is 0 Å². The van der Waals surface area contributed by atoms with Crippen LogP contribution < -0.4 is 10.6 Å². The van der Waals surface area contributed by atoms with E-state index in [9.17, 15) is 9.59 Å². The van der Waals surface area contributed by atoms with Crippen molar-refractivity contribution in [2.24, 2.45) is 0 Å². The Balaban J connectivity index is 1.47. The molecule has 1 aromatic carbocycles. The topological polar surface area (TPSA) is 96.9 Å². The molecule has 0 spiro atoms. The van der Waals surface area contributed by atoms with Gasteiger partial charge in [-0.1, -0.05) is 18.2 Å². The molecule has 0 aliphatic rings. The molecule has 0 radical (unpaired) electrons. The monoisotopic (exact) mass is 335 g/mol. The summed E-state index contributed by atoms with van der Waals surface area (Å²) in [5.41, 5.74) is 1.49. The Labute approximate surface area is 144 Å². The predicted molar refractivity (Wildman–Crippen MR) is 93.1 cm³/mol. The number of hydrogen-bond acceptors (Lipinski definition) is 5. The van der Waals surface area contributed by atoms with Crippen LogP contribution in [0.4, 0.5) is 0 Å². The zero-order valence-corrected chi connectivity index (χ0v) is 13.5. The van der Waals surface area contributed by atoms with E-state index < -0.39 is 0 Å². The molecular formula is C18H17N5O2. The average molecular weight is 335 g/mol. The normalized spacial score (nSPS) is 10.4. The van der Waals surface area contributed by atoms with E-state index >= 15 is 0 Å². The first-order chi connectivity index (χ1) is 12.3. The molecule has 0 atom stereocenters. The van der Waals surface area contributed by atoms with E-state index in [0.29, 0.717) is 30.6 Å². The Hall–Kier alpha value is -3.35. The first-order valence-electron chi connectivity index (χ1n) is 7.92. The van der Waals surface area contributed by atoms with Crippen LogP contribution in [-0.2, 0) is 0 Å². The lowest BCUT2D eigenvalue weighted by Crippen LogP contribution is -2.30. The largest absolute Gasteiger partial charge is 0.352 e. The van der Waals surface area contributed by atoms with Crippen LogP contribution in [0.2, 0.25) is 0 Å². The zero-order chi connectivity index (χ0) is 17.5. The van der Waals surface area contributed by atoms with Crippen molar-refractivity contribution in [3.05, 3.63) is 66.4 Å². The van der Waals surface area contributed by atoms with Crippen LogP contribution in [-0.4, -0.2) is 39.9 Å². The second-order valence-electron chi connectivity index (χ2n) is 5.34. The third-order valence-electron chi connectivity index (χ3n) is 3.60. The SMILES string of the molecule is O=C(NCCCNC(=O)c1cccc2cccnc12)c1cnccn1. The maximum Gasteiger partial charge on any atom is 0.271 e. The molecule has 2 N–H and O–H groups in total. The van der Waals surface area contributed by atoms with Crippen molar-refractivity contribution in [1.29, 1.82) is 0 Å². The van der Waals surface area contributed by atoms with Gasteiger partial charge in [0, 0.05) is 37.1 Å². The minimum absolute atomic E-state index is 0.176. The van der Waals surface area contributed by atoms with E-state index in [1.807, 2.05) is 24.3 Å². The molecule has 3 aromatic rings. The van der Waals surface area contributed by atoms with Crippen LogP contribution in [0.15, 0.2) is 55.1 Å². The Bertz CT molecular complexity index is 878. The van der Waals surface area contributed by atoms with Gasteiger partial charge in [-0.3, -0.25) is 19.6 Å².